The van der Waals surface area contributed by atoms with E-state index in [0.717, 1.165) is 11.3 Å². The van der Waals surface area contributed by atoms with Crippen LogP contribution in [0.4, 0.5) is 11.6 Å². The standard InChI is InChI=1S/C12H15N5O/c1-9-3-5-10(6-4-9)16(2)11(18)7-17-8-14-12(13)15-17/h3-6,8H,7H2,1-2H3,(H2,13,15). The quantitative estimate of drug-likeness (QED) is 0.869. The fourth-order valence-corrected chi connectivity index (χ4v) is 1.54. The van der Waals surface area contributed by atoms with E-state index in [-0.39, 0.29) is 18.4 Å². The van der Waals surface area contributed by atoms with Gasteiger partial charge in [0, 0.05) is 12.7 Å². The van der Waals surface area contributed by atoms with E-state index >= 15 is 0 Å². The molecule has 0 radical (unpaired) electrons. The number of hydrogen-bond acceptors (Lipinski definition) is 4. The first-order valence-corrected chi connectivity index (χ1v) is 5.54. The molecule has 0 atom stereocenters. The summed E-state index contributed by atoms with van der Waals surface area (Å²) in [5.74, 6) is 0.0875. The summed E-state index contributed by atoms with van der Waals surface area (Å²) in [4.78, 5) is 17.4. The van der Waals surface area contributed by atoms with Gasteiger partial charge >= 0.3 is 0 Å². The summed E-state index contributed by atoms with van der Waals surface area (Å²) in [5, 5.41) is 3.88. The van der Waals surface area contributed by atoms with Crippen LogP contribution in [0.3, 0.4) is 0 Å². The number of benzene rings is 1. The Kier molecular flexibility index (Phi) is 3.27. The Morgan fingerprint density at radius 2 is 2.06 bits per heavy atom. The van der Waals surface area contributed by atoms with Crippen LogP contribution >= 0.6 is 0 Å². The molecular weight excluding hydrogens is 230 g/mol. The minimum absolute atomic E-state index is 0.0799. The van der Waals surface area contributed by atoms with Crippen molar-refractivity contribution in [3.8, 4) is 0 Å². The molecule has 1 aromatic carbocycles. The van der Waals surface area contributed by atoms with Crippen LogP contribution in [0.5, 0.6) is 0 Å². The molecule has 2 rings (SSSR count). The molecule has 0 saturated heterocycles. The smallest absolute Gasteiger partial charge is 0.248 e. The van der Waals surface area contributed by atoms with Crippen LogP contribution < -0.4 is 10.6 Å². The van der Waals surface area contributed by atoms with Crippen LogP contribution in [0, 0.1) is 6.92 Å². The second-order valence-corrected chi connectivity index (χ2v) is 4.09. The van der Waals surface area contributed by atoms with Gasteiger partial charge in [0.15, 0.2) is 0 Å². The third-order valence-electron chi connectivity index (χ3n) is 2.65. The number of nitrogens with zero attached hydrogens (tertiary/aromatic N) is 4. The normalized spacial score (nSPS) is 10.3. The zero-order valence-corrected chi connectivity index (χ0v) is 10.4. The minimum Gasteiger partial charge on any atom is -0.367 e. The Labute approximate surface area is 105 Å². The van der Waals surface area contributed by atoms with Gasteiger partial charge < -0.3 is 10.6 Å². The summed E-state index contributed by atoms with van der Waals surface area (Å²) in [6, 6.07) is 7.74. The molecule has 0 bridgehead atoms. The molecular formula is C12H15N5O. The maximum absolute atomic E-state index is 12.0. The van der Waals surface area contributed by atoms with Gasteiger partial charge in [-0.3, -0.25) is 4.79 Å². The molecule has 1 aromatic heterocycles. The Morgan fingerprint density at radius 1 is 1.39 bits per heavy atom. The number of aromatic nitrogens is 3. The van der Waals surface area contributed by atoms with Crippen LogP contribution in [0.1, 0.15) is 5.56 Å². The van der Waals surface area contributed by atoms with Crippen molar-refractivity contribution in [2.75, 3.05) is 17.7 Å². The van der Waals surface area contributed by atoms with Gasteiger partial charge in [-0.15, -0.1) is 5.10 Å². The SMILES string of the molecule is Cc1ccc(N(C)C(=O)Cn2cnc(N)n2)cc1. The Bertz CT molecular complexity index is 546. The van der Waals surface area contributed by atoms with Gasteiger partial charge in [0.1, 0.15) is 12.9 Å². The maximum atomic E-state index is 12.0. The van der Waals surface area contributed by atoms with Crippen molar-refractivity contribution in [2.24, 2.45) is 0 Å². The highest BCUT2D eigenvalue weighted by Crippen LogP contribution is 2.13. The summed E-state index contributed by atoms with van der Waals surface area (Å²) in [5.41, 5.74) is 7.39. The predicted molar refractivity (Wildman–Crippen MR) is 69.0 cm³/mol. The zero-order valence-electron chi connectivity index (χ0n) is 10.4. The van der Waals surface area contributed by atoms with E-state index in [2.05, 4.69) is 10.1 Å². The molecule has 1 amide bonds. The van der Waals surface area contributed by atoms with Gasteiger partial charge in [0.25, 0.3) is 0 Å². The van der Waals surface area contributed by atoms with Crippen LogP contribution in [-0.4, -0.2) is 27.7 Å². The first kappa shape index (κ1) is 12.1. The Balaban J connectivity index is 2.07. The number of hydrogen-bond donors (Lipinski definition) is 1. The highest BCUT2D eigenvalue weighted by atomic mass is 16.2. The molecule has 1 heterocycles. The number of amides is 1. The van der Waals surface area contributed by atoms with Crippen molar-refractivity contribution in [1.29, 1.82) is 0 Å². The first-order chi connectivity index (χ1) is 8.56. The molecule has 0 aliphatic carbocycles. The highest BCUT2D eigenvalue weighted by Gasteiger charge is 2.12. The second kappa shape index (κ2) is 4.87. The summed E-state index contributed by atoms with van der Waals surface area (Å²) < 4.78 is 1.42. The predicted octanol–water partition coefficient (Wildman–Crippen LogP) is 0.832. The number of likely N-dealkylation sites (N-methyl/N-ethyl adjacent to an activating group) is 1. The molecule has 18 heavy (non-hydrogen) atoms. The van der Waals surface area contributed by atoms with E-state index in [4.69, 9.17) is 5.73 Å². The fraction of sp³-hybridized carbons (Fsp3) is 0.250. The van der Waals surface area contributed by atoms with Gasteiger partial charge in [-0.25, -0.2) is 9.67 Å². The number of rotatable bonds is 3. The third-order valence-corrected chi connectivity index (χ3v) is 2.65. The zero-order chi connectivity index (χ0) is 13.1. The van der Waals surface area contributed by atoms with Gasteiger partial charge in [0.05, 0.1) is 0 Å². The largest absolute Gasteiger partial charge is 0.367 e. The number of anilines is 2. The molecule has 0 aliphatic heterocycles. The van der Waals surface area contributed by atoms with Gasteiger partial charge in [0.2, 0.25) is 11.9 Å². The van der Waals surface area contributed by atoms with E-state index < -0.39 is 0 Å². The highest BCUT2D eigenvalue weighted by molar-refractivity contribution is 5.92. The van der Waals surface area contributed by atoms with Crippen molar-refractivity contribution in [3.63, 3.8) is 0 Å². The molecule has 2 aromatic rings. The average molecular weight is 245 g/mol. The van der Waals surface area contributed by atoms with E-state index in [9.17, 15) is 4.79 Å². The lowest BCUT2D eigenvalue weighted by Gasteiger charge is -2.17. The molecule has 0 saturated carbocycles. The summed E-state index contributed by atoms with van der Waals surface area (Å²) >= 11 is 0. The lowest BCUT2D eigenvalue weighted by Crippen LogP contribution is -2.30. The average Bonchev–Trinajstić information content (AvgIpc) is 2.75. The molecule has 0 unspecified atom stereocenters. The van der Waals surface area contributed by atoms with E-state index in [0.29, 0.717) is 0 Å². The lowest BCUT2D eigenvalue weighted by molar-refractivity contribution is -0.119. The van der Waals surface area contributed by atoms with Crippen molar-refractivity contribution in [1.82, 2.24) is 14.8 Å². The number of aryl methyl sites for hydroxylation is 1. The van der Waals surface area contributed by atoms with Crippen LogP contribution in [0.2, 0.25) is 0 Å². The topological polar surface area (TPSA) is 77.0 Å². The van der Waals surface area contributed by atoms with Gasteiger partial charge in [-0.2, -0.15) is 0 Å². The van der Waals surface area contributed by atoms with Crippen molar-refractivity contribution in [3.05, 3.63) is 36.2 Å². The monoisotopic (exact) mass is 245 g/mol. The molecule has 0 spiro atoms. The number of carbonyl (C=O) groups excluding carboxylic acids is 1. The maximum Gasteiger partial charge on any atom is 0.248 e. The second-order valence-electron chi connectivity index (χ2n) is 4.09. The van der Waals surface area contributed by atoms with Crippen LogP contribution in [-0.2, 0) is 11.3 Å². The molecule has 6 nitrogen and oxygen atoms in total. The van der Waals surface area contributed by atoms with E-state index in [1.54, 1.807) is 11.9 Å². The number of nitrogen functional groups attached to an aromatic ring is 1. The van der Waals surface area contributed by atoms with Crippen LogP contribution in [0.15, 0.2) is 30.6 Å². The summed E-state index contributed by atoms with van der Waals surface area (Å²) in [7, 11) is 1.73. The number of carbonyl (C=O) groups is 1. The van der Waals surface area contributed by atoms with Crippen molar-refractivity contribution >= 4 is 17.5 Å². The minimum atomic E-state index is -0.0799. The Morgan fingerprint density at radius 3 is 2.61 bits per heavy atom. The van der Waals surface area contributed by atoms with Crippen molar-refractivity contribution in [2.45, 2.75) is 13.5 Å². The van der Waals surface area contributed by atoms with Crippen LogP contribution in [0.25, 0.3) is 0 Å². The van der Waals surface area contributed by atoms with E-state index in [1.807, 2.05) is 31.2 Å². The lowest BCUT2D eigenvalue weighted by atomic mass is 10.2. The van der Waals surface area contributed by atoms with Gasteiger partial charge in [-0.1, -0.05) is 17.7 Å². The summed E-state index contributed by atoms with van der Waals surface area (Å²) in [6.45, 7) is 2.12. The van der Waals surface area contributed by atoms with Crippen molar-refractivity contribution < 1.29 is 4.79 Å². The fourth-order valence-electron chi connectivity index (χ4n) is 1.54. The molecule has 94 valence electrons. The molecule has 0 aliphatic rings. The summed E-state index contributed by atoms with van der Waals surface area (Å²) in [6.07, 6.45) is 1.44. The first-order valence-electron chi connectivity index (χ1n) is 5.54. The molecule has 2 N–H and O–H groups in total. The molecule has 6 heteroatoms. The molecule has 0 fully saturated rings. The number of nitrogens with two attached hydrogens (primary N) is 1. The third kappa shape index (κ3) is 2.65. The van der Waals surface area contributed by atoms with Gasteiger partial charge in [-0.05, 0) is 19.1 Å². The Hall–Kier alpha value is -2.37. The van der Waals surface area contributed by atoms with E-state index in [1.165, 1.54) is 11.0 Å².